The third kappa shape index (κ3) is 5.24. The van der Waals surface area contributed by atoms with Crippen LogP contribution in [0.15, 0.2) is 48.5 Å². The van der Waals surface area contributed by atoms with Crippen LogP contribution in [0.25, 0.3) is 11.3 Å². The van der Waals surface area contributed by atoms with E-state index in [1.165, 1.54) is 12.8 Å². The SMILES string of the molecule is O=C(COc1c(Cl)cc(F)cc1Cl)Nc1ccc(-c2ccc(N3CCCC3)nn2)cc1. The van der Waals surface area contributed by atoms with Gasteiger partial charge < -0.3 is 15.0 Å². The van der Waals surface area contributed by atoms with Crippen molar-refractivity contribution in [2.24, 2.45) is 0 Å². The molecule has 0 spiro atoms. The van der Waals surface area contributed by atoms with Crippen molar-refractivity contribution in [3.63, 3.8) is 0 Å². The zero-order chi connectivity index (χ0) is 21.8. The van der Waals surface area contributed by atoms with Gasteiger partial charge in [-0.05, 0) is 49.2 Å². The van der Waals surface area contributed by atoms with Crippen molar-refractivity contribution in [2.75, 3.05) is 29.9 Å². The number of nitrogens with one attached hydrogen (secondary N) is 1. The van der Waals surface area contributed by atoms with E-state index in [1.807, 2.05) is 24.3 Å². The van der Waals surface area contributed by atoms with Crippen molar-refractivity contribution in [3.8, 4) is 17.0 Å². The summed E-state index contributed by atoms with van der Waals surface area (Å²) in [5, 5.41) is 11.4. The zero-order valence-electron chi connectivity index (χ0n) is 16.4. The quantitative estimate of drug-likeness (QED) is 0.546. The van der Waals surface area contributed by atoms with E-state index in [4.69, 9.17) is 27.9 Å². The van der Waals surface area contributed by atoms with Crippen LogP contribution in [-0.2, 0) is 4.79 Å². The van der Waals surface area contributed by atoms with Crippen LogP contribution < -0.4 is 15.0 Å². The van der Waals surface area contributed by atoms with E-state index < -0.39 is 11.7 Å². The number of anilines is 2. The number of carbonyl (C=O) groups excluding carboxylic acids is 1. The number of benzene rings is 2. The van der Waals surface area contributed by atoms with Gasteiger partial charge in [0.05, 0.1) is 15.7 Å². The second-order valence-electron chi connectivity index (χ2n) is 7.08. The molecule has 1 saturated heterocycles. The molecule has 0 aliphatic carbocycles. The van der Waals surface area contributed by atoms with Gasteiger partial charge >= 0.3 is 0 Å². The minimum Gasteiger partial charge on any atom is -0.481 e. The second kappa shape index (κ2) is 9.49. The fourth-order valence-electron chi connectivity index (χ4n) is 3.32. The number of hydrogen-bond acceptors (Lipinski definition) is 5. The zero-order valence-corrected chi connectivity index (χ0v) is 18.0. The number of nitrogens with zero attached hydrogens (tertiary/aromatic N) is 3. The second-order valence-corrected chi connectivity index (χ2v) is 7.90. The molecule has 2 aromatic carbocycles. The lowest BCUT2D eigenvalue weighted by atomic mass is 10.1. The molecule has 1 aliphatic rings. The Morgan fingerprint density at radius 2 is 1.71 bits per heavy atom. The minimum absolute atomic E-state index is 0.000915. The lowest BCUT2D eigenvalue weighted by Crippen LogP contribution is -2.20. The first-order valence-corrected chi connectivity index (χ1v) is 10.5. The van der Waals surface area contributed by atoms with E-state index in [0.29, 0.717) is 5.69 Å². The number of aromatic nitrogens is 2. The van der Waals surface area contributed by atoms with Gasteiger partial charge in [-0.25, -0.2) is 4.39 Å². The van der Waals surface area contributed by atoms with E-state index >= 15 is 0 Å². The van der Waals surface area contributed by atoms with E-state index in [-0.39, 0.29) is 22.4 Å². The highest BCUT2D eigenvalue weighted by atomic mass is 35.5. The number of hydrogen-bond donors (Lipinski definition) is 1. The summed E-state index contributed by atoms with van der Waals surface area (Å²) in [5.74, 6) is -0.0288. The monoisotopic (exact) mass is 460 g/mol. The van der Waals surface area contributed by atoms with Gasteiger partial charge in [-0.1, -0.05) is 35.3 Å². The van der Waals surface area contributed by atoms with E-state index in [2.05, 4.69) is 20.4 Å². The number of rotatable bonds is 6. The number of amides is 1. The van der Waals surface area contributed by atoms with Crippen LogP contribution >= 0.6 is 23.2 Å². The average molecular weight is 461 g/mol. The van der Waals surface area contributed by atoms with Crippen molar-refractivity contribution in [3.05, 3.63) is 64.4 Å². The predicted octanol–water partition coefficient (Wildman–Crippen LogP) is 5.21. The average Bonchev–Trinajstić information content (AvgIpc) is 3.29. The third-order valence-electron chi connectivity index (χ3n) is 4.86. The molecular formula is C22H19Cl2FN4O2. The summed E-state index contributed by atoms with van der Waals surface area (Å²) < 4.78 is 18.6. The molecule has 1 amide bonds. The van der Waals surface area contributed by atoms with Crippen molar-refractivity contribution in [1.29, 1.82) is 0 Å². The largest absolute Gasteiger partial charge is 0.481 e. The first-order valence-electron chi connectivity index (χ1n) is 9.76. The summed E-state index contributed by atoms with van der Waals surface area (Å²) >= 11 is 11.8. The molecular weight excluding hydrogens is 442 g/mol. The Morgan fingerprint density at radius 3 is 2.32 bits per heavy atom. The van der Waals surface area contributed by atoms with Gasteiger partial charge in [-0.2, -0.15) is 0 Å². The molecule has 1 fully saturated rings. The van der Waals surface area contributed by atoms with Gasteiger partial charge in [-0.15, -0.1) is 10.2 Å². The lowest BCUT2D eigenvalue weighted by Gasteiger charge is -2.15. The van der Waals surface area contributed by atoms with Crippen LogP contribution in [0.4, 0.5) is 15.9 Å². The molecule has 6 nitrogen and oxygen atoms in total. The fraction of sp³-hybridized carbons (Fsp3) is 0.227. The number of carbonyl (C=O) groups is 1. The Bertz CT molecular complexity index is 1050. The summed E-state index contributed by atoms with van der Waals surface area (Å²) in [6, 6.07) is 13.3. The normalized spacial score (nSPS) is 13.3. The van der Waals surface area contributed by atoms with Gasteiger partial charge in [0, 0.05) is 24.3 Å². The topological polar surface area (TPSA) is 67.3 Å². The lowest BCUT2D eigenvalue weighted by molar-refractivity contribution is -0.118. The molecule has 160 valence electrons. The van der Waals surface area contributed by atoms with E-state index in [0.717, 1.165) is 42.3 Å². The van der Waals surface area contributed by atoms with Crippen LogP contribution in [-0.4, -0.2) is 35.8 Å². The van der Waals surface area contributed by atoms with Crippen LogP contribution in [0.3, 0.4) is 0 Å². The summed E-state index contributed by atoms with van der Waals surface area (Å²) in [4.78, 5) is 14.4. The van der Waals surface area contributed by atoms with Gasteiger partial charge in [0.15, 0.2) is 18.2 Å². The standard InChI is InChI=1S/C22H19Cl2FN4O2/c23-17-11-15(25)12-18(24)22(17)31-13-21(30)26-16-5-3-14(4-6-16)19-7-8-20(28-27-19)29-9-1-2-10-29/h3-8,11-12H,1-2,9-10,13H2,(H,26,30). The van der Waals surface area contributed by atoms with Gasteiger partial charge in [0.1, 0.15) is 5.82 Å². The minimum atomic E-state index is -0.581. The molecule has 1 aromatic heterocycles. The maximum Gasteiger partial charge on any atom is 0.262 e. The summed E-state index contributed by atoms with van der Waals surface area (Å²) in [6.07, 6.45) is 2.37. The molecule has 0 radical (unpaired) electrons. The molecule has 4 rings (SSSR count). The molecule has 9 heteroatoms. The van der Waals surface area contributed by atoms with E-state index in [9.17, 15) is 9.18 Å². The smallest absolute Gasteiger partial charge is 0.262 e. The van der Waals surface area contributed by atoms with E-state index in [1.54, 1.807) is 12.1 Å². The van der Waals surface area contributed by atoms with Crippen LogP contribution in [0.5, 0.6) is 5.75 Å². The van der Waals surface area contributed by atoms with Crippen LogP contribution in [0.2, 0.25) is 10.0 Å². The molecule has 3 aromatic rings. The highest BCUT2D eigenvalue weighted by Gasteiger charge is 2.14. The van der Waals surface area contributed by atoms with Crippen molar-refractivity contribution < 1.29 is 13.9 Å². The molecule has 0 bridgehead atoms. The maximum absolute atomic E-state index is 13.2. The van der Waals surface area contributed by atoms with Crippen molar-refractivity contribution >= 4 is 40.6 Å². The Hall–Kier alpha value is -2.90. The molecule has 1 N–H and O–H groups in total. The highest BCUT2D eigenvalue weighted by Crippen LogP contribution is 2.33. The van der Waals surface area contributed by atoms with Crippen molar-refractivity contribution in [2.45, 2.75) is 12.8 Å². The molecule has 0 saturated carbocycles. The number of ether oxygens (including phenoxy) is 1. The molecule has 0 atom stereocenters. The predicted molar refractivity (Wildman–Crippen MR) is 119 cm³/mol. The summed E-state index contributed by atoms with van der Waals surface area (Å²) in [7, 11) is 0. The Balaban J connectivity index is 1.34. The van der Waals surface area contributed by atoms with Crippen LogP contribution in [0, 0.1) is 5.82 Å². The summed E-state index contributed by atoms with van der Waals surface area (Å²) in [5.41, 5.74) is 2.24. The molecule has 2 heterocycles. The Kier molecular flexibility index (Phi) is 6.53. The Morgan fingerprint density at radius 1 is 1.03 bits per heavy atom. The van der Waals surface area contributed by atoms with Gasteiger partial charge in [-0.3, -0.25) is 4.79 Å². The van der Waals surface area contributed by atoms with Crippen LogP contribution in [0.1, 0.15) is 12.8 Å². The third-order valence-corrected chi connectivity index (χ3v) is 5.42. The number of halogens is 3. The Labute approximate surface area is 188 Å². The molecule has 0 unspecified atom stereocenters. The first-order chi connectivity index (χ1) is 15.0. The van der Waals surface area contributed by atoms with Gasteiger partial charge in [0.25, 0.3) is 5.91 Å². The highest BCUT2D eigenvalue weighted by molar-refractivity contribution is 6.37. The maximum atomic E-state index is 13.2. The first kappa shape index (κ1) is 21.3. The van der Waals surface area contributed by atoms with Gasteiger partial charge in [0.2, 0.25) is 0 Å². The molecule has 1 aliphatic heterocycles. The fourth-order valence-corrected chi connectivity index (χ4v) is 3.89. The van der Waals surface area contributed by atoms with Crippen molar-refractivity contribution in [1.82, 2.24) is 10.2 Å². The summed E-state index contributed by atoms with van der Waals surface area (Å²) in [6.45, 7) is 1.72. The molecule has 31 heavy (non-hydrogen) atoms.